The maximum absolute atomic E-state index is 12.6. The van der Waals surface area contributed by atoms with Gasteiger partial charge in [-0.05, 0) is 32.4 Å². The molecule has 1 N–H and O–H groups in total. The number of hydrogen-bond donors (Lipinski definition) is 1. The van der Waals surface area contributed by atoms with Crippen molar-refractivity contribution in [3.05, 3.63) is 52.7 Å². The van der Waals surface area contributed by atoms with Crippen LogP contribution in [0.5, 0.6) is 0 Å². The molecular weight excluding hydrogens is 386 g/mol. The van der Waals surface area contributed by atoms with Crippen LogP contribution in [0.2, 0.25) is 0 Å². The van der Waals surface area contributed by atoms with E-state index in [1.807, 2.05) is 43.3 Å². The molecule has 1 fully saturated rings. The number of likely N-dealkylation sites (tertiary alicyclic amines) is 1. The van der Waals surface area contributed by atoms with Crippen molar-refractivity contribution < 1.29 is 4.79 Å². The van der Waals surface area contributed by atoms with Crippen molar-refractivity contribution in [2.75, 3.05) is 18.4 Å². The van der Waals surface area contributed by atoms with Crippen LogP contribution in [-0.2, 0) is 11.8 Å². The van der Waals surface area contributed by atoms with Gasteiger partial charge >= 0.3 is 0 Å². The largest absolute Gasteiger partial charge is 0.338 e. The van der Waals surface area contributed by atoms with Gasteiger partial charge in [-0.1, -0.05) is 0 Å². The molecule has 1 atom stereocenters. The zero-order chi connectivity index (χ0) is 20.4. The number of aryl methyl sites for hydroxylation is 3. The summed E-state index contributed by atoms with van der Waals surface area (Å²) in [5.41, 5.74) is 2.83. The third-order valence-corrected chi connectivity index (χ3v) is 5.76. The summed E-state index contributed by atoms with van der Waals surface area (Å²) in [6.07, 6.45) is 6.02. The number of carbonyl (C=O) groups excluding carboxylic acids is 1. The van der Waals surface area contributed by atoms with E-state index in [0.29, 0.717) is 12.4 Å². The minimum atomic E-state index is 0.0103. The number of nitrogens with zero attached hydrogens (tertiary/aromatic N) is 6. The highest BCUT2D eigenvalue weighted by atomic mass is 32.1. The molecule has 0 unspecified atom stereocenters. The van der Waals surface area contributed by atoms with E-state index in [0.717, 1.165) is 41.0 Å². The molecule has 0 spiro atoms. The zero-order valence-electron chi connectivity index (χ0n) is 16.7. The van der Waals surface area contributed by atoms with Crippen LogP contribution < -0.4 is 5.32 Å². The van der Waals surface area contributed by atoms with Gasteiger partial charge in [0.05, 0.1) is 17.1 Å². The van der Waals surface area contributed by atoms with Gasteiger partial charge in [-0.15, -0.1) is 11.3 Å². The van der Waals surface area contributed by atoms with Crippen LogP contribution in [0.3, 0.4) is 0 Å². The van der Waals surface area contributed by atoms with E-state index in [1.54, 1.807) is 34.4 Å². The van der Waals surface area contributed by atoms with Gasteiger partial charge in [-0.2, -0.15) is 5.10 Å². The summed E-state index contributed by atoms with van der Waals surface area (Å²) in [4.78, 5) is 28.0. The van der Waals surface area contributed by atoms with Crippen LogP contribution in [0.25, 0.3) is 6.08 Å². The molecule has 0 radical (unpaired) electrons. The van der Waals surface area contributed by atoms with Crippen molar-refractivity contribution in [2.45, 2.75) is 26.2 Å². The van der Waals surface area contributed by atoms with Gasteiger partial charge in [-0.3, -0.25) is 9.48 Å². The molecule has 3 aromatic rings. The van der Waals surface area contributed by atoms with E-state index in [1.165, 1.54) is 0 Å². The molecule has 8 nitrogen and oxygen atoms in total. The number of rotatable bonds is 5. The predicted octanol–water partition coefficient (Wildman–Crippen LogP) is 3.06. The van der Waals surface area contributed by atoms with Crippen molar-refractivity contribution in [2.24, 2.45) is 7.05 Å². The molecule has 0 aliphatic carbocycles. The van der Waals surface area contributed by atoms with Crippen molar-refractivity contribution in [1.82, 2.24) is 29.6 Å². The van der Waals surface area contributed by atoms with Crippen LogP contribution in [0.4, 0.5) is 10.9 Å². The quantitative estimate of drug-likeness (QED) is 0.652. The Kier molecular flexibility index (Phi) is 5.39. The van der Waals surface area contributed by atoms with Crippen molar-refractivity contribution in [1.29, 1.82) is 0 Å². The molecule has 9 heteroatoms. The molecule has 1 aliphatic rings. The van der Waals surface area contributed by atoms with Gasteiger partial charge in [0.15, 0.2) is 5.13 Å². The first kappa shape index (κ1) is 19.3. The van der Waals surface area contributed by atoms with Gasteiger partial charge in [0, 0.05) is 49.8 Å². The van der Waals surface area contributed by atoms with Crippen LogP contribution in [-0.4, -0.2) is 48.6 Å². The van der Waals surface area contributed by atoms with E-state index in [4.69, 9.17) is 0 Å². The summed E-state index contributed by atoms with van der Waals surface area (Å²) >= 11 is 1.55. The van der Waals surface area contributed by atoms with Crippen LogP contribution in [0.15, 0.2) is 29.8 Å². The average Bonchev–Trinajstić information content (AvgIpc) is 3.41. The van der Waals surface area contributed by atoms with Gasteiger partial charge in [0.1, 0.15) is 11.6 Å². The molecule has 4 heterocycles. The van der Waals surface area contributed by atoms with E-state index < -0.39 is 0 Å². The lowest BCUT2D eigenvalue weighted by atomic mass is 10.0. The second-order valence-corrected chi connectivity index (χ2v) is 7.99. The van der Waals surface area contributed by atoms with Gasteiger partial charge in [-0.25, -0.2) is 15.0 Å². The standard InChI is InChI=1S/C20H23N7OS/c1-13-12-29-20(22-13)25-18-10-17(23-14(2)24-18)15-7-9-27(11-15)19(28)5-4-16-6-8-21-26(16)3/h4-6,8,10,12,15H,7,9,11H2,1-3H3,(H,22,23,24,25)/b5-4+/t15-/m1/s1. The van der Waals surface area contributed by atoms with Crippen molar-refractivity contribution in [3.63, 3.8) is 0 Å². The minimum Gasteiger partial charge on any atom is -0.338 e. The van der Waals surface area contributed by atoms with Crippen LogP contribution in [0, 0.1) is 13.8 Å². The fourth-order valence-electron chi connectivity index (χ4n) is 3.40. The monoisotopic (exact) mass is 409 g/mol. The Labute approximate surface area is 173 Å². The Hall–Kier alpha value is -3.07. The number of anilines is 2. The number of hydrogen-bond acceptors (Lipinski definition) is 7. The maximum Gasteiger partial charge on any atom is 0.246 e. The molecule has 0 bridgehead atoms. The molecule has 0 saturated carbocycles. The Morgan fingerprint density at radius 1 is 1.31 bits per heavy atom. The first-order valence-corrected chi connectivity index (χ1v) is 10.4. The molecule has 1 saturated heterocycles. The molecule has 1 amide bonds. The zero-order valence-corrected chi connectivity index (χ0v) is 17.5. The highest BCUT2D eigenvalue weighted by molar-refractivity contribution is 7.13. The summed E-state index contributed by atoms with van der Waals surface area (Å²) in [6.45, 7) is 5.22. The second-order valence-electron chi connectivity index (χ2n) is 7.13. The summed E-state index contributed by atoms with van der Waals surface area (Å²) < 4.78 is 1.73. The lowest BCUT2D eigenvalue weighted by Gasteiger charge is -2.15. The lowest BCUT2D eigenvalue weighted by molar-refractivity contribution is -0.124. The second kappa shape index (κ2) is 8.12. The summed E-state index contributed by atoms with van der Waals surface area (Å²) in [5, 5.41) is 10.2. The number of nitrogens with one attached hydrogen (secondary N) is 1. The number of thiazole rings is 1. The molecule has 4 rings (SSSR count). The molecule has 29 heavy (non-hydrogen) atoms. The number of carbonyl (C=O) groups is 1. The fourth-order valence-corrected chi connectivity index (χ4v) is 4.09. The average molecular weight is 410 g/mol. The smallest absolute Gasteiger partial charge is 0.246 e. The number of aromatic nitrogens is 5. The van der Waals surface area contributed by atoms with Gasteiger partial charge in [0.25, 0.3) is 0 Å². The van der Waals surface area contributed by atoms with E-state index in [2.05, 4.69) is 25.4 Å². The topological polar surface area (TPSA) is 88.8 Å². The Bertz CT molecular complexity index is 1050. The number of amides is 1. The molecule has 1 aliphatic heterocycles. The van der Waals surface area contributed by atoms with E-state index >= 15 is 0 Å². The van der Waals surface area contributed by atoms with Crippen molar-refractivity contribution >= 4 is 34.3 Å². The first-order valence-electron chi connectivity index (χ1n) is 9.47. The van der Waals surface area contributed by atoms with Crippen molar-refractivity contribution in [3.8, 4) is 0 Å². The summed E-state index contributed by atoms with van der Waals surface area (Å²) in [7, 11) is 1.85. The van der Waals surface area contributed by atoms with Gasteiger partial charge in [0.2, 0.25) is 5.91 Å². The highest BCUT2D eigenvalue weighted by Crippen LogP contribution is 2.28. The fraction of sp³-hybridized carbons (Fsp3) is 0.350. The lowest BCUT2D eigenvalue weighted by Crippen LogP contribution is -2.26. The Morgan fingerprint density at radius 2 is 2.17 bits per heavy atom. The first-order chi connectivity index (χ1) is 14.0. The minimum absolute atomic E-state index is 0.0103. The molecule has 3 aromatic heterocycles. The third-order valence-electron chi connectivity index (χ3n) is 4.89. The maximum atomic E-state index is 12.6. The van der Waals surface area contributed by atoms with Crippen LogP contribution >= 0.6 is 11.3 Å². The van der Waals surface area contributed by atoms with Crippen LogP contribution in [0.1, 0.15) is 35.2 Å². The molecule has 0 aromatic carbocycles. The highest BCUT2D eigenvalue weighted by Gasteiger charge is 2.27. The Balaban J connectivity index is 1.43. The van der Waals surface area contributed by atoms with E-state index in [-0.39, 0.29) is 11.8 Å². The Morgan fingerprint density at radius 3 is 2.90 bits per heavy atom. The van der Waals surface area contributed by atoms with E-state index in [9.17, 15) is 4.79 Å². The summed E-state index contributed by atoms with van der Waals surface area (Å²) in [5.74, 6) is 1.65. The molecular formula is C20H23N7OS. The third kappa shape index (κ3) is 4.51. The van der Waals surface area contributed by atoms with Gasteiger partial charge < -0.3 is 10.2 Å². The predicted molar refractivity (Wildman–Crippen MR) is 113 cm³/mol. The normalized spacial score (nSPS) is 16.7. The SMILES string of the molecule is Cc1csc(Nc2cc([C@@H]3CCN(C(=O)/C=C/c4ccnn4C)C3)nc(C)n2)n1. The summed E-state index contributed by atoms with van der Waals surface area (Å²) in [6, 6.07) is 3.84. The molecule has 150 valence electrons.